The van der Waals surface area contributed by atoms with E-state index in [2.05, 4.69) is 10.3 Å². The van der Waals surface area contributed by atoms with E-state index in [9.17, 15) is 4.79 Å². The molecule has 1 aromatic carbocycles. The molecule has 0 saturated carbocycles. The van der Waals surface area contributed by atoms with Gasteiger partial charge in [0, 0.05) is 18.7 Å². The van der Waals surface area contributed by atoms with Gasteiger partial charge in [-0.05, 0) is 36.4 Å². The molecule has 1 aliphatic heterocycles. The summed E-state index contributed by atoms with van der Waals surface area (Å²) in [6.45, 7) is 0.640. The Kier molecular flexibility index (Phi) is 5.77. The quantitative estimate of drug-likeness (QED) is 0.382. The maximum absolute atomic E-state index is 13.5. The highest BCUT2D eigenvalue weighted by Gasteiger charge is 2.32. The fourth-order valence-electron chi connectivity index (χ4n) is 4.14. The van der Waals surface area contributed by atoms with Crippen molar-refractivity contribution in [1.82, 2.24) is 15.2 Å². The lowest BCUT2D eigenvalue weighted by atomic mass is 10.1. The minimum Gasteiger partial charge on any atom is -0.496 e. The van der Waals surface area contributed by atoms with Crippen molar-refractivity contribution in [2.75, 3.05) is 13.7 Å². The fourth-order valence-corrected chi connectivity index (χ4v) is 4.81. The number of ether oxygens (including phenoxy) is 1. The lowest BCUT2D eigenvalue weighted by Crippen LogP contribution is -2.35. The van der Waals surface area contributed by atoms with Gasteiger partial charge in [-0.3, -0.25) is 4.79 Å². The molecular formula is C24H23N3O4S. The lowest BCUT2D eigenvalue weighted by Gasteiger charge is -2.27. The normalized spacial score (nSPS) is 16.7. The predicted molar refractivity (Wildman–Crippen MR) is 121 cm³/mol. The Hall–Kier alpha value is -3.39. The van der Waals surface area contributed by atoms with Crippen molar-refractivity contribution in [3.05, 3.63) is 65.3 Å². The van der Waals surface area contributed by atoms with E-state index in [4.69, 9.17) is 13.8 Å². The summed E-state index contributed by atoms with van der Waals surface area (Å²) in [6, 6.07) is 15.0. The summed E-state index contributed by atoms with van der Waals surface area (Å²) < 4.78 is 16.5. The molecule has 4 aromatic rings. The summed E-state index contributed by atoms with van der Waals surface area (Å²) >= 11 is 1.60. The SMILES string of the molecule is COc1ccccc1-c1cc(C(=O)N2CCCCCC2c2cc(-c3cccs3)on2)no1. The third kappa shape index (κ3) is 3.93. The summed E-state index contributed by atoms with van der Waals surface area (Å²) in [4.78, 5) is 16.4. The highest BCUT2D eigenvalue weighted by atomic mass is 32.1. The van der Waals surface area contributed by atoms with Crippen LogP contribution in [0.4, 0.5) is 0 Å². The molecule has 1 atom stereocenters. The van der Waals surface area contributed by atoms with E-state index in [0.29, 0.717) is 18.1 Å². The number of likely N-dealkylation sites (tertiary alicyclic amines) is 1. The fraction of sp³-hybridized carbons (Fsp3) is 0.292. The molecule has 1 saturated heterocycles. The van der Waals surface area contributed by atoms with Crippen LogP contribution in [0.15, 0.2) is 63.0 Å². The van der Waals surface area contributed by atoms with Gasteiger partial charge >= 0.3 is 0 Å². The highest BCUT2D eigenvalue weighted by molar-refractivity contribution is 7.13. The van der Waals surface area contributed by atoms with Crippen LogP contribution in [-0.4, -0.2) is 34.8 Å². The second-order valence-corrected chi connectivity index (χ2v) is 8.68. The molecular weight excluding hydrogens is 426 g/mol. The Morgan fingerprint density at radius 3 is 2.78 bits per heavy atom. The molecule has 0 N–H and O–H groups in total. The Morgan fingerprint density at radius 2 is 1.94 bits per heavy atom. The zero-order valence-corrected chi connectivity index (χ0v) is 18.5. The van der Waals surface area contributed by atoms with Gasteiger partial charge < -0.3 is 18.7 Å². The van der Waals surface area contributed by atoms with Crippen molar-refractivity contribution in [1.29, 1.82) is 0 Å². The second kappa shape index (κ2) is 9.00. The molecule has 1 amide bonds. The number of nitrogens with zero attached hydrogens (tertiary/aromatic N) is 3. The van der Waals surface area contributed by atoms with Crippen LogP contribution in [0.1, 0.15) is 47.9 Å². The smallest absolute Gasteiger partial charge is 0.276 e. The third-order valence-electron chi connectivity index (χ3n) is 5.75. The largest absolute Gasteiger partial charge is 0.496 e. The van der Waals surface area contributed by atoms with Gasteiger partial charge in [0.05, 0.1) is 23.6 Å². The molecule has 0 aliphatic carbocycles. The molecule has 1 aliphatic rings. The number of thiophene rings is 1. The lowest BCUT2D eigenvalue weighted by molar-refractivity contribution is 0.0663. The molecule has 7 nitrogen and oxygen atoms in total. The standard InChI is InChI=1S/C24H23N3O4S/c1-29-20-10-5-4-8-16(20)21-15-18(26-30-21)24(28)27-12-6-2-3-9-19(27)17-14-22(31-25-17)23-11-7-13-32-23/h4-5,7-8,10-11,13-15,19H,2-3,6,9,12H2,1H3. The van der Waals surface area contributed by atoms with Crippen molar-refractivity contribution in [3.8, 4) is 27.7 Å². The highest BCUT2D eigenvalue weighted by Crippen LogP contribution is 2.35. The van der Waals surface area contributed by atoms with Gasteiger partial charge in [0.15, 0.2) is 17.2 Å². The number of hydrogen-bond acceptors (Lipinski definition) is 7. The minimum absolute atomic E-state index is 0.158. The first-order chi connectivity index (χ1) is 15.7. The number of benzene rings is 1. The van der Waals surface area contributed by atoms with Crippen molar-refractivity contribution >= 4 is 17.2 Å². The van der Waals surface area contributed by atoms with Gasteiger partial charge in [0.2, 0.25) is 0 Å². The van der Waals surface area contributed by atoms with Crippen LogP contribution in [0.25, 0.3) is 22.0 Å². The van der Waals surface area contributed by atoms with Gasteiger partial charge in [-0.25, -0.2) is 0 Å². The Bertz CT molecular complexity index is 1200. The van der Waals surface area contributed by atoms with Crippen molar-refractivity contribution < 1.29 is 18.6 Å². The van der Waals surface area contributed by atoms with Crippen LogP contribution in [0.5, 0.6) is 5.75 Å². The van der Waals surface area contributed by atoms with Crippen molar-refractivity contribution in [3.63, 3.8) is 0 Å². The van der Waals surface area contributed by atoms with E-state index in [-0.39, 0.29) is 17.6 Å². The molecule has 0 spiro atoms. The second-order valence-electron chi connectivity index (χ2n) is 7.73. The number of aromatic nitrogens is 2. The average molecular weight is 450 g/mol. The zero-order valence-electron chi connectivity index (χ0n) is 17.7. The van der Waals surface area contributed by atoms with Crippen LogP contribution in [0.3, 0.4) is 0 Å². The van der Waals surface area contributed by atoms with E-state index < -0.39 is 0 Å². The van der Waals surface area contributed by atoms with Gasteiger partial charge in [0.25, 0.3) is 5.91 Å². The average Bonchev–Trinajstić information content (AvgIpc) is 3.58. The van der Waals surface area contributed by atoms with E-state index in [1.165, 1.54) is 0 Å². The summed E-state index contributed by atoms with van der Waals surface area (Å²) in [5.41, 5.74) is 1.81. The van der Waals surface area contributed by atoms with Crippen LogP contribution in [0, 0.1) is 0 Å². The van der Waals surface area contributed by atoms with E-state index in [1.807, 2.05) is 52.7 Å². The first-order valence-corrected chi connectivity index (χ1v) is 11.5. The number of hydrogen-bond donors (Lipinski definition) is 0. The first-order valence-electron chi connectivity index (χ1n) is 10.7. The first kappa shape index (κ1) is 20.5. The molecule has 1 unspecified atom stereocenters. The number of rotatable bonds is 5. The van der Waals surface area contributed by atoms with Gasteiger partial charge in [-0.1, -0.05) is 41.4 Å². The summed E-state index contributed by atoms with van der Waals surface area (Å²) in [5, 5.41) is 10.4. The monoisotopic (exact) mass is 449 g/mol. The molecule has 5 rings (SSSR count). The maximum Gasteiger partial charge on any atom is 0.276 e. The maximum atomic E-state index is 13.5. The number of amides is 1. The number of methoxy groups -OCH3 is 1. The summed E-state index contributed by atoms with van der Waals surface area (Å²) in [7, 11) is 1.60. The molecule has 4 heterocycles. The van der Waals surface area contributed by atoms with Crippen molar-refractivity contribution in [2.24, 2.45) is 0 Å². The molecule has 0 bridgehead atoms. The zero-order chi connectivity index (χ0) is 21.9. The van der Waals surface area contributed by atoms with E-state index in [0.717, 1.165) is 47.6 Å². The Balaban J connectivity index is 1.43. The molecule has 32 heavy (non-hydrogen) atoms. The minimum atomic E-state index is -0.164. The van der Waals surface area contributed by atoms with Crippen LogP contribution in [0.2, 0.25) is 0 Å². The van der Waals surface area contributed by atoms with E-state index in [1.54, 1.807) is 24.5 Å². The summed E-state index contributed by atoms with van der Waals surface area (Å²) in [5.74, 6) is 1.73. The van der Waals surface area contributed by atoms with Gasteiger partial charge in [-0.2, -0.15) is 0 Å². The number of carbonyl (C=O) groups excluding carboxylic acids is 1. The number of para-hydroxylation sites is 1. The van der Waals surface area contributed by atoms with Gasteiger partial charge in [-0.15, -0.1) is 11.3 Å². The van der Waals surface area contributed by atoms with Gasteiger partial charge in [0.1, 0.15) is 11.4 Å². The topological polar surface area (TPSA) is 81.6 Å². The summed E-state index contributed by atoms with van der Waals surface area (Å²) in [6.07, 6.45) is 3.87. The van der Waals surface area contributed by atoms with Crippen LogP contribution < -0.4 is 4.74 Å². The molecule has 8 heteroatoms. The van der Waals surface area contributed by atoms with Crippen LogP contribution >= 0.6 is 11.3 Å². The van der Waals surface area contributed by atoms with Crippen LogP contribution in [-0.2, 0) is 0 Å². The molecule has 0 radical (unpaired) electrons. The number of carbonyl (C=O) groups is 1. The Morgan fingerprint density at radius 1 is 1.06 bits per heavy atom. The Labute approximate surface area is 189 Å². The molecule has 3 aromatic heterocycles. The van der Waals surface area contributed by atoms with E-state index >= 15 is 0 Å². The third-order valence-corrected chi connectivity index (χ3v) is 6.63. The molecule has 164 valence electrons. The van der Waals surface area contributed by atoms with Crippen molar-refractivity contribution in [2.45, 2.75) is 31.7 Å². The predicted octanol–water partition coefficient (Wildman–Crippen LogP) is 5.82. The molecule has 1 fully saturated rings.